The van der Waals surface area contributed by atoms with E-state index >= 15 is 0 Å². The van der Waals surface area contributed by atoms with Crippen LogP contribution in [0.5, 0.6) is 0 Å². The number of carbonyl (C=O) groups excluding carboxylic acids is 1. The zero-order valence-corrected chi connectivity index (χ0v) is 14.5. The third kappa shape index (κ3) is 5.19. The van der Waals surface area contributed by atoms with Crippen molar-refractivity contribution in [1.29, 1.82) is 0 Å². The molecule has 0 saturated heterocycles. The first-order chi connectivity index (χ1) is 10.5. The van der Waals surface area contributed by atoms with E-state index in [1.807, 2.05) is 31.2 Å². The maximum absolute atomic E-state index is 11.9. The molecule has 0 fully saturated rings. The SMILES string of the molecule is Cc1cccc(CNC(=O)CCNc2ccc(Br)cc2C)c1. The van der Waals surface area contributed by atoms with Crippen LogP contribution in [0.2, 0.25) is 0 Å². The van der Waals surface area contributed by atoms with Crippen molar-refractivity contribution in [3.05, 3.63) is 63.6 Å². The van der Waals surface area contributed by atoms with E-state index in [1.165, 1.54) is 5.56 Å². The Hall–Kier alpha value is -1.81. The Kier molecular flexibility index (Phi) is 6.01. The van der Waals surface area contributed by atoms with Gasteiger partial charge < -0.3 is 10.6 Å². The van der Waals surface area contributed by atoms with E-state index in [0.717, 1.165) is 21.3 Å². The minimum absolute atomic E-state index is 0.0590. The smallest absolute Gasteiger partial charge is 0.222 e. The van der Waals surface area contributed by atoms with Gasteiger partial charge >= 0.3 is 0 Å². The number of carbonyl (C=O) groups is 1. The highest BCUT2D eigenvalue weighted by atomic mass is 79.9. The van der Waals surface area contributed by atoms with Crippen LogP contribution in [0.3, 0.4) is 0 Å². The summed E-state index contributed by atoms with van der Waals surface area (Å²) in [5, 5.41) is 6.25. The maximum atomic E-state index is 11.9. The van der Waals surface area contributed by atoms with Crippen molar-refractivity contribution in [2.45, 2.75) is 26.8 Å². The van der Waals surface area contributed by atoms with Gasteiger partial charge in [0.25, 0.3) is 0 Å². The lowest BCUT2D eigenvalue weighted by molar-refractivity contribution is -0.121. The first kappa shape index (κ1) is 16.6. The summed E-state index contributed by atoms with van der Waals surface area (Å²) < 4.78 is 1.06. The average molecular weight is 361 g/mol. The van der Waals surface area contributed by atoms with Gasteiger partial charge in [0.1, 0.15) is 0 Å². The molecular weight excluding hydrogens is 340 g/mol. The normalized spacial score (nSPS) is 10.3. The topological polar surface area (TPSA) is 41.1 Å². The zero-order chi connectivity index (χ0) is 15.9. The molecule has 3 nitrogen and oxygen atoms in total. The van der Waals surface area contributed by atoms with Crippen LogP contribution in [0.1, 0.15) is 23.1 Å². The summed E-state index contributed by atoms with van der Waals surface area (Å²) in [6.07, 6.45) is 0.460. The zero-order valence-electron chi connectivity index (χ0n) is 12.9. The third-order valence-electron chi connectivity index (χ3n) is 3.43. The molecule has 4 heteroatoms. The second-order valence-electron chi connectivity index (χ2n) is 5.40. The fourth-order valence-electron chi connectivity index (χ4n) is 2.25. The quantitative estimate of drug-likeness (QED) is 0.810. The summed E-state index contributed by atoms with van der Waals surface area (Å²) in [5.41, 5.74) is 4.56. The molecule has 0 atom stereocenters. The minimum Gasteiger partial charge on any atom is -0.384 e. The predicted octanol–water partition coefficient (Wildman–Crippen LogP) is 4.18. The van der Waals surface area contributed by atoms with E-state index in [1.54, 1.807) is 0 Å². The number of halogens is 1. The Morgan fingerprint density at radius 3 is 2.68 bits per heavy atom. The monoisotopic (exact) mass is 360 g/mol. The van der Waals surface area contributed by atoms with Crippen molar-refractivity contribution in [3.63, 3.8) is 0 Å². The summed E-state index contributed by atoms with van der Waals surface area (Å²) in [4.78, 5) is 11.9. The van der Waals surface area contributed by atoms with Crippen molar-refractivity contribution in [3.8, 4) is 0 Å². The molecule has 0 radical (unpaired) electrons. The predicted molar refractivity (Wildman–Crippen MR) is 95.0 cm³/mol. The van der Waals surface area contributed by atoms with Crippen molar-refractivity contribution >= 4 is 27.5 Å². The Labute approximate surface area is 140 Å². The second-order valence-corrected chi connectivity index (χ2v) is 6.32. The Balaban J connectivity index is 1.74. The van der Waals surface area contributed by atoms with Gasteiger partial charge in [-0.25, -0.2) is 0 Å². The number of amides is 1. The Morgan fingerprint density at radius 1 is 1.14 bits per heavy atom. The first-order valence-corrected chi connectivity index (χ1v) is 8.16. The van der Waals surface area contributed by atoms with Crippen LogP contribution in [-0.4, -0.2) is 12.5 Å². The highest BCUT2D eigenvalue weighted by molar-refractivity contribution is 9.10. The van der Waals surface area contributed by atoms with Crippen molar-refractivity contribution in [1.82, 2.24) is 5.32 Å². The third-order valence-corrected chi connectivity index (χ3v) is 3.92. The van der Waals surface area contributed by atoms with Crippen LogP contribution in [0, 0.1) is 13.8 Å². The largest absolute Gasteiger partial charge is 0.384 e. The van der Waals surface area contributed by atoms with E-state index in [0.29, 0.717) is 19.5 Å². The molecule has 0 aliphatic heterocycles. The molecule has 0 aliphatic carbocycles. The van der Waals surface area contributed by atoms with Crippen molar-refractivity contribution in [2.75, 3.05) is 11.9 Å². The molecule has 2 aromatic carbocycles. The lowest BCUT2D eigenvalue weighted by Gasteiger charge is -2.10. The van der Waals surface area contributed by atoms with Crippen LogP contribution >= 0.6 is 15.9 Å². The van der Waals surface area contributed by atoms with Gasteiger partial charge in [-0.2, -0.15) is 0 Å². The van der Waals surface area contributed by atoms with Crippen LogP contribution in [0.4, 0.5) is 5.69 Å². The van der Waals surface area contributed by atoms with E-state index in [9.17, 15) is 4.79 Å². The number of benzene rings is 2. The molecule has 0 saturated carbocycles. The summed E-state index contributed by atoms with van der Waals surface area (Å²) in [6.45, 7) is 5.31. The summed E-state index contributed by atoms with van der Waals surface area (Å²) in [5.74, 6) is 0.0590. The first-order valence-electron chi connectivity index (χ1n) is 7.37. The lowest BCUT2D eigenvalue weighted by Crippen LogP contribution is -2.25. The van der Waals surface area contributed by atoms with E-state index in [-0.39, 0.29) is 5.91 Å². The van der Waals surface area contributed by atoms with Gasteiger partial charge in [-0.15, -0.1) is 0 Å². The summed E-state index contributed by atoms with van der Waals surface area (Å²) in [6, 6.07) is 14.2. The number of hydrogen-bond donors (Lipinski definition) is 2. The molecule has 0 heterocycles. The highest BCUT2D eigenvalue weighted by Crippen LogP contribution is 2.19. The van der Waals surface area contributed by atoms with Gasteiger partial charge in [0.05, 0.1) is 0 Å². The number of rotatable bonds is 6. The molecule has 2 rings (SSSR count). The molecule has 0 aromatic heterocycles. The molecule has 0 bridgehead atoms. The molecular formula is C18H21BrN2O. The molecule has 2 aromatic rings. The second kappa shape index (κ2) is 7.99. The molecule has 22 heavy (non-hydrogen) atoms. The number of nitrogens with one attached hydrogen (secondary N) is 2. The molecule has 0 spiro atoms. The number of anilines is 1. The maximum Gasteiger partial charge on any atom is 0.222 e. The fourth-order valence-corrected chi connectivity index (χ4v) is 2.72. The summed E-state index contributed by atoms with van der Waals surface area (Å²) in [7, 11) is 0. The number of hydrogen-bond acceptors (Lipinski definition) is 2. The fraction of sp³-hybridized carbons (Fsp3) is 0.278. The highest BCUT2D eigenvalue weighted by Gasteiger charge is 2.03. The summed E-state index contributed by atoms with van der Waals surface area (Å²) >= 11 is 3.44. The van der Waals surface area contributed by atoms with Gasteiger partial charge in [0.2, 0.25) is 5.91 Å². The van der Waals surface area contributed by atoms with Gasteiger partial charge in [0.15, 0.2) is 0 Å². The van der Waals surface area contributed by atoms with Crippen LogP contribution in [0.25, 0.3) is 0 Å². The minimum atomic E-state index is 0.0590. The molecule has 0 aliphatic rings. The Morgan fingerprint density at radius 2 is 1.95 bits per heavy atom. The van der Waals surface area contributed by atoms with Gasteiger partial charge in [-0.05, 0) is 43.2 Å². The van der Waals surface area contributed by atoms with Gasteiger partial charge in [-0.1, -0.05) is 45.8 Å². The van der Waals surface area contributed by atoms with Crippen LogP contribution in [-0.2, 0) is 11.3 Å². The molecule has 2 N–H and O–H groups in total. The standard InChI is InChI=1S/C18H21BrN2O/c1-13-4-3-5-15(10-13)12-21-18(22)8-9-20-17-7-6-16(19)11-14(17)2/h3-7,10-11,20H,8-9,12H2,1-2H3,(H,21,22). The van der Waals surface area contributed by atoms with Crippen LogP contribution in [0.15, 0.2) is 46.9 Å². The van der Waals surface area contributed by atoms with Crippen molar-refractivity contribution in [2.24, 2.45) is 0 Å². The van der Waals surface area contributed by atoms with E-state index in [4.69, 9.17) is 0 Å². The number of aryl methyl sites for hydroxylation is 2. The van der Waals surface area contributed by atoms with Crippen LogP contribution < -0.4 is 10.6 Å². The lowest BCUT2D eigenvalue weighted by atomic mass is 10.1. The Bertz CT molecular complexity index is 655. The molecule has 116 valence electrons. The van der Waals surface area contributed by atoms with E-state index < -0.39 is 0 Å². The molecule has 1 amide bonds. The molecule has 0 unspecified atom stereocenters. The van der Waals surface area contributed by atoms with Gasteiger partial charge in [0, 0.05) is 29.7 Å². The van der Waals surface area contributed by atoms with Crippen molar-refractivity contribution < 1.29 is 4.79 Å². The van der Waals surface area contributed by atoms with E-state index in [2.05, 4.69) is 51.7 Å². The van der Waals surface area contributed by atoms with Gasteiger partial charge in [-0.3, -0.25) is 4.79 Å². The average Bonchev–Trinajstić information content (AvgIpc) is 2.47.